The van der Waals surface area contributed by atoms with Crippen LogP contribution in [0.25, 0.3) is 0 Å². The number of likely N-dealkylation sites (tertiary alicyclic amines) is 1. The molecule has 302 valence electrons. The van der Waals surface area contributed by atoms with Crippen LogP contribution < -0.4 is 40.8 Å². The molecule has 3 aromatic carbocycles. The lowest BCUT2D eigenvalue weighted by atomic mass is 9.94. The fourth-order valence-electron chi connectivity index (χ4n) is 7.01. The van der Waals surface area contributed by atoms with Gasteiger partial charge in [0.25, 0.3) is 5.91 Å². The van der Waals surface area contributed by atoms with Gasteiger partial charge in [-0.1, -0.05) is 42.5 Å². The van der Waals surface area contributed by atoms with Crippen LogP contribution in [0, 0.1) is 5.92 Å². The summed E-state index contributed by atoms with van der Waals surface area (Å²) < 4.78 is 16.5. The van der Waals surface area contributed by atoms with Crippen LogP contribution >= 0.6 is 0 Å². The van der Waals surface area contributed by atoms with Crippen LogP contribution in [0.2, 0.25) is 0 Å². The molecule has 4 aliphatic rings. The third-order valence-electron chi connectivity index (χ3n) is 10.6. The second kappa shape index (κ2) is 18.2. The molecule has 1 saturated heterocycles. The molecule has 3 aromatic rings. The predicted octanol–water partition coefficient (Wildman–Crippen LogP) is 1.67. The second-order valence-corrected chi connectivity index (χ2v) is 14.7. The van der Waals surface area contributed by atoms with E-state index in [0.717, 1.165) is 11.1 Å². The largest absolute Gasteiger partial charge is 0.497 e. The summed E-state index contributed by atoms with van der Waals surface area (Å²) in [5.74, 6) is -1.53. The average Bonchev–Trinajstić information content (AvgIpc) is 4.02. The smallest absolute Gasteiger partial charge is 0.254 e. The van der Waals surface area contributed by atoms with Crippen LogP contribution in [0.3, 0.4) is 0 Å². The van der Waals surface area contributed by atoms with E-state index in [-0.39, 0.29) is 43.7 Å². The number of methoxy groups -OCH3 is 2. The Morgan fingerprint density at radius 1 is 0.860 bits per heavy atom. The van der Waals surface area contributed by atoms with Crippen LogP contribution in [0.1, 0.15) is 54.1 Å². The molecule has 5 N–H and O–H groups in total. The zero-order valence-electron chi connectivity index (χ0n) is 32.4. The Morgan fingerprint density at radius 2 is 1.53 bits per heavy atom. The van der Waals surface area contributed by atoms with Gasteiger partial charge in [-0.3, -0.25) is 28.8 Å². The van der Waals surface area contributed by atoms with Gasteiger partial charge in [0.1, 0.15) is 47.5 Å². The summed E-state index contributed by atoms with van der Waals surface area (Å²) in [6.45, 7) is 2.54. The quantitative estimate of drug-likeness (QED) is 0.222. The predicted molar refractivity (Wildman–Crippen MR) is 209 cm³/mol. The number of ether oxygens (including phenoxy) is 3. The normalized spacial score (nSPS) is 21.9. The van der Waals surface area contributed by atoms with Crippen molar-refractivity contribution in [3.8, 4) is 17.2 Å². The number of nitrogens with one attached hydrogen (secondary N) is 5. The van der Waals surface area contributed by atoms with Crippen molar-refractivity contribution in [1.29, 1.82) is 0 Å². The Balaban J connectivity index is 1.16. The van der Waals surface area contributed by atoms with Crippen LogP contribution in [0.4, 0.5) is 0 Å². The number of nitrogens with zero attached hydrogens (tertiary/aromatic N) is 1. The van der Waals surface area contributed by atoms with E-state index in [0.29, 0.717) is 61.6 Å². The maximum atomic E-state index is 13.9. The number of piperidine rings is 1. The molecule has 6 amide bonds. The highest BCUT2D eigenvalue weighted by molar-refractivity contribution is 5.98. The molecular weight excluding hydrogens is 732 g/mol. The van der Waals surface area contributed by atoms with E-state index in [4.69, 9.17) is 14.2 Å². The van der Waals surface area contributed by atoms with E-state index in [2.05, 4.69) is 26.6 Å². The minimum Gasteiger partial charge on any atom is -0.497 e. The van der Waals surface area contributed by atoms with Crippen LogP contribution in [0.15, 0.2) is 72.8 Å². The van der Waals surface area contributed by atoms with Crippen molar-refractivity contribution in [2.24, 2.45) is 5.92 Å². The molecule has 0 unspecified atom stereocenters. The van der Waals surface area contributed by atoms with Crippen molar-refractivity contribution in [1.82, 2.24) is 31.5 Å². The van der Waals surface area contributed by atoms with Gasteiger partial charge in [-0.25, -0.2) is 0 Å². The lowest BCUT2D eigenvalue weighted by Crippen LogP contribution is -2.59. The molecule has 1 aliphatic carbocycles. The monoisotopic (exact) mass is 782 g/mol. The lowest BCUT2D eigenvalue weighted by Gasteiger charge is -2.32. The lowest BCUT2D eigenvalue weighted by molar-refractivity contribution is -0.135. The average molecular weight is 783 g/mol. The van der Waals surface area contributed by atoms with Gasteiger partial charge in [0.05, 0.1) is 20.8 Å². The molecule has 3 atom stereocenters. The van der Waals surface area contributed by atoms with Crippen LogP contribution in [0.5, 0.6) is 17.2 Å². The number of rotatable bonds is 7. The molecule has 15 heteroatoms. The zero-order valence-corrected chi connectivity index (χ0v) is 32.4. The number of fused-ring (bicyclic) bond motifs is 15. The number of benzene rings is 3. The first-order valence-electron chi connectivity index (χ1n) is 19.3. The summed E-state index contributed by atoms with van der Waals surface area (Å²) in [6, 6.07) is 18.0. The molecule has 2 fully saturated rings. The first kappa shape index (κ1) is 40.5. The first-order chi connectivity index (χ1) is 27.5. The molecule has 1 saturated carbocycles. The van der Waals surface area contributed by atoms with Crippen molar-refractivity contribution >= 4 is 35.4 Å². The van der Waals surface area contributed by atoms with E-state index in [1.54, 1.807) is 47.4 Å². The van der Waals surface area contributed by atoms with Gasteiger partial charge in [-0.05, 0) is 68.0 Å². The number of carbonyl (C=O) groups excluding carboxylic acids is 6. The van der Waals surface area contributed by atoms with Gasteiger partial charge in [0.15, 0.2) is 0 Å². The Labute approximate surface area is 331 Å². The molecule has 2 bridgehead atoms. The van der Waals surface area contributed by atoms with Gasteiger partial charge >= 0.3 is 0 Å². The Morgan fingerprint density at radius 3 is 2.16 bits per heavy atom. The van der Waals surface area contributed by atoms with Crippen LogP contribution in [-0.2, 0) is 36.8 Å². The summed E-state index contributed by atoms with van der Waals surface area (Å²) in [5, 5.41) is 14.1. The summed E-state index contributed by atoms with van der Waals surface area (Å²) in [5.41, 5.74) is 0.849. The van der Waals surface area contributed by atoms with E-state index in [1.165, 1.54) is 21.1 Å². The number of carbonyl (C=O) groups is 6. The van der Waals surface area contributed by atoms with E-state index in [1.807, 2.05) is 30.3 Å². The number of hydrogen-bond acceptors (Lipinski definition) is 9. The molecule has 3 heterocycles. The molecule has 15 nitrogen and oxygen atoms in total. The fourth-order valence-corrected chi connectivity index (χ4v) is 7.01. The minimum absolute atomic E-state index is 0.109. The molecule has 7 rings (SSSR count). The molecule has 57 heavy (non-hydrogen) atoms. The molecule has 1 spiro atoms. The topological polar surface area (TPSA) is 194 Å². The summed E-state index contributed by atoms with van der Waals surface area (Å²) in [6.07, 6.45) is 1.92. The van der Waals surface area contributed by atoms with Crippen molar-refractivity contribution in [2.75, 3.05) is 40.5 Å². The first-order valence-corrected chi connectivity index (χ1v) is 19.3. The van der Waals surface area contributed by atoms with Gasteiger partial charge < -0.3 is 45.7 Å². The summed E-state index contributed by atoms with van der Waals surface area (Å²) >= 11 is 0. The third-order valence-corrected chi connectivity index (χ3v) is 10.6. The summed E-state index contributed by atoms with van der Waals surface area (Å²) in [4.78, 5) is 83.2. The highest BCUT2D eigenvalue weighted by Crippen LogP contribution is 2.36. The third kappa shape index (κ3) is 10.4. The SMILES string of the molecule is COc1cc(OC)cc(C(=O)N2CCC(C(=O)N[C@H]3Cc4ccc(cc4)OCCNC(=O)C4(CC4)NC(=O)[C@@H](Cc4ccccc4)NC(=O)[C@H](C)NC3=O)CC2)c1. The van der Waals surface area contributed by atoms with E-state index < -0.39 is 47.3 Å². The van der Waals surface area contributed by atoms with Gasteiger partial charge in [0.2, 0.25) is 29.5 Å². The molecular formula is C42H50N6O9. The van der Waals surface area contributed by atoms with Crippen LogP contribution in [-0.4, -0.2) is 104 Å². The van der Waals surface area contributed by atoms with Crippen molar-refractivity contribution in [3.05, 3.63) is 89.5 Å². The standard InChI is InChI=1S/C42H50N6O9/c1-26-36(49)45-35(21-27-7-5-4-6-8-27)39(52)47-42(15-16-42)41(54)43-17-20-57-31-11-9-28(10-12-31)22-34(38(51)44-26)46-37(50)29-13-18-48(19-14-29)40(53)30-23-32(55-2)25-33(24-30)56-3/h4-12,23-26,29,34-35H,13-22H2,1-3H3,(H,43,54)(H,44,51)(H,45,49)(H,46,50)(H,47,52)/t26-,34-,35+/m0/s1. The highest BCUT2D eigenvalue weighted by atomic mass is 16.5. The maximum absolute atomic E-state index is 13.9. The molecule has 0 aromatic heterocycles. The van der Waals surface area contributed by atoms with Gasteiger partial charge in [-0.2, -0.15) is 0 Å². The fraction of sp³-hybridized carbons (Fsp3) is 0.429. The minimum atomic E-state index is -1.09. The summed E-state index contributed by atoms with van der Waals surface area (Å²) in [7, 11) is 3.02. The van der Waals surface area contributed by atoms with E-state index in [9.17, 15) is 28.8 Å². The zero-order chi connectivity index (χ0) is 40.5. The Bertz CT molecular complexity index is 1920. The van der Waals surface area contributed by atoms with E-state index >= 15 is 0 Å². The number of hydrogen-bond donors (Lipinski definition) is 5. The Kier molecular flexibility index (Phi) is 13.0. The molecule has 3 aliphatic heterocycles. The number of amides is 6. The van der Waals surface area contributed by atoms with Crippen molar-refractivity contribution in [3.63, 3.8) is 0 Å². The Hall–Kier alpha value is -6.12. The highest BCUT2D eigenvalue weighted by Gasteiger charge is 2.51. The maximum Gasteiger partial charge on any atom is 0.254 e. The second-order valence-electron chi connectivity index (χ2n) is 14.7. The van der Waals surface area contributed by atoms with Gasteiger partial charge in [0, 0.05) is 43.5 Å². The molecule has 0 radical (unpaired) electrons. The van der Waals surface area contributed by atoms with Crippen molar-refractivity contribution in [2.45, 2.75) is 69.1 Å². The van der Waals surface area contributed by atoms with Gasteiger partial charge in [-0.15, -0.1) is 0 Å². The van der Waals surface area contributed by atoms with Crippen molar-refractivity contribution < 1.29 is 43.0 Å².